The zero-order valence-electron chi connectivity index (χ0n) is 13.5. The molecule has 1 aromatic carbocycles. The molecule has 1 N–H and O–H groups in total. The van der Waals surface area contributed by atoms with Crippen LogP contribution >= 0.6 is 11.3 Å². The number of nitrogens with zero attached hydrogens (tertiary/aromatic N) is 2. The Balaban J connectivity index is 1.43. The van der Waals surface area contributed by atoms with Crippen molar-refractivity contribution in [3.63, 3.8) is 0 Å². The number of thiophene rings is 1. The highest BCUT2D eigenvalue weighted by Crippen LogP contribution is 2.38. The van der Waals surface area contributed by atoms with E-state index in [0.29, 0.717) is 5.41 Å². The molecule has 0 radical (unpaired) electrons. The van der Waals surface area contributed by atoms with Crippen molar-refractivity contribution in [2.75, 3.05) is 33.4 Å². The number of aliphatic imine (C=N–C) groups is 1. The first-order valence-electron chi connectivity index (χ1n) is 8.28. The van der Waals surface area contributed by atoms with E-state index < -0.39 is 0 Å². The number of hydrogen-bond donors (Lipinski definition) is 1. The zero-order valence-corrected chi connectivity index (χ0v) is 14.4. The molecule has 2 fully saturated rings. The maximum Gasteiger partial charge on any atom is 0.193 e. The summed E-state index contributed by atoms with van der Waals surface area (Å²) in [6.07, 6.45) is 2.41. The summed E-state index contributed by atoms with van der Waals surface area (Å²) in [5.74, 6) is 1.02. The predicted molar refractivity (Wildman–Crippen MR) is 96.1 cm³/mol. The molecule has 4 rings (SSSR count). The SMILES string of the molecule is CN=C(NCc1csc2ccccc12)N1CCC2(CCOC2)C1. The third-order valence-electron chi connectivity index (χ3n) is 5.13. The first-order valence-corrected chi connectivity index (χ1v) is 9.16. The Morgan fingerprint density at radius 2 is 2.30 bits per heavy atom. The van der Waals surface area contributed by atoms with E-state index >= 15 is 0 Å². The molecule has 2 aromatic rings. The second kappa shape index (κ2) is 6.13. The van der Waals surface area contributed by atoms with Gasteiger partial charge in [-0.2, -0.15) is 0 Å². The molecule has 1 aromatic heterocycles. The van der Waals surface area contributed by atoms with E-state index in [1.54, 1.807) is 0 Å². The average molecular weight is 329 g/mol. The summed E-state index contributed by atoms with van der Waals surface area (Å²) < 4.78 is 6.97. The van der Waals surface area contributed by atoms with E-state index in [1.807, 2.05) is 18.4 Å². The van der Waals surface area contributed by atoms with Crippen molar-refractivity contribution < 1.29 is 4.74 Å². The van der Waals surface area contributed by atoms with Crippen molar-refractivity contribution in [1.82, 2.24) is 10.2 Å². The van der Waals surface area contributed by atoms with Gasteiger partial charge in [0.25, 0.3) is 0 Å². The molecule has 0 bridgehead atoms. The molecule has 2 aliphatic rings. The molecule has 1 spiro atoms. The van der Waals surface area contributed by atoms with Crippen LogP contribution in [0.15, 0.2) is 34.6 Å². The maximum atomic E-state index is 5.63. The summed E-state index contributed by atoms with van der Waals surface area (Å²) in [5, 5.41) is 7.15. The number of ether oxygens (including phenoxy) is 1. The lowest BCUT2D eigenvalue weighted by Crippen LogP contribution is -2.41. The summed E-state index contributed by atoms with van der Waals surface area (Å²) in [5.41, 5.74) is 1.72. The zero-order chi connectivity index (χ0) is 15.7. The number of guanidine groups is 1. The molecule has 1 atom stereocenters. The van der Waals surface area contributed by atoms with Gasteiger partial charge in [0.05, 0.1) is 6.61 Å². The van der Waals surface area contributed by atoms with Gasteiger partial charge in [0.15, 0.2) is 5.96 Å². The third kappa shape index (κ3) is 2.83. The Bertz CT molecular complexity index is 718. The minimum absolute atomic E-state index is 0.368. The van der Waals surface area contributed by atoms with Gasteiger partial charge in [-0.15, -0.1) is 11.3 Å². The van der Waals surface area contributed by atoms with E-state index in [9.17, 15) is 0 Å². The maximum absolute atomic E-state index is 5.63. The summed E-state index contributed by atoms with van der Waals surface area (Å²) in [6.45, 7) is 4.80. The molecule has 23 heavy (non-hydrogen) atoms. The van der Waals surface area contributed by atoms with Crippen molar-refractivity contribution in [3.8, 4) is 0 Å². The van der Waals surface area contributed by atoms with Gasteiger partial charge >= 0.3 is 0 Å². The highest BCUT2D eigenvalue weighted by atomic mass is 32.1. The van der Waals surface area contributed by atoms with Gasteiger partial charge in [0, 0.05) is 43.4 Å². The molecule has 0 amide bonds. The van der Waals surface area contributed by atoms with E-state index in [-0.39, 0.29) is 0 Å². The molecule has 2 aliphatic heterocycles. The summed E-state index contributed by atoms with van der Waals surface area (Å²) >= 11 is 1.81. The second-order valence-corrected chi connectivity index (χ2v) is 7.54. The molecular formula is C18H23N3OS. The monoisotopic (exact) mass is 329 g/mol. The van der Waals surface area contributed by atoms with Crippen LogP contribution in [-0.4, -0.2) is 44.2 Å². The number of likely N-dealkylation sites (tertiary alicyclic amines) is 1. The van der Waals surface area contributed by atoms with Crippen LogP contribution in [0.25, 0.3) is 10.1 Å². The normalized spacial score (nSPS) is 24.9. The highest BCUT2D eigenvalue weighted by Gasteiger charge is 2.42. The summed E-state index contributed by atoms with van der Waals surface area (Å²) in [4.78, 5) is 6.89. The van der Waals surface area contributed by atoms with Crippen LogP contribution in [0.2, 0.25) is 0 Å². The topological polar surface area (TPSA) is 36.9 Å². The second-order valence-electron chi connectivity index (χ2n) is 6.63. The van der Waals surface area contributed by atoms with E-state index in [1.165, 1.54) is 28.5 Å². The number of benzene rings is 1. The van der Waals surface area contributed by atoms with Gasteiger partial charge in [0.2, 0.25) is 0 Å². The predicted octanol–water partition coefficient (Wildman–Crippen LogP) is 3.09. The van der Waals surface area contributed by atoms with E-state index in [4.69, 9.17) is 4.74 Å². The Kier molecular flexibility index (Phi) is 3.99. The number of nitrogens with one attached hydrogen (secondary N) is 1. The lowest BCUT2D eigenvalue weighted by atomic mass is 9.87. The summed E-state index contributed by atoms with van der Waals surface area (Å²) in [7, 11) is 1.88. The van der Waals surface area contributed by atoms with Crippen molar-refractivity contribution in [2.45, 2.75) is 19.4 Å². The Morgan fingerprint density at radius 1 is 1.39 bits per heavy atom. The van der Waals surface area contributed by atoms with Gasteiger partial charge in [-0.05, 0) is 35.2 Å². The number of hydrogen-bond acceptors (Lipinski definition) is 3. The fourth-order valence-electron chi connectivity index (χ4n) is 3.76. The minimum Gasteiger partial charge on any atom is -0.381 e. The molecule has 122 valence electrons. The largest absolute Gasteiger partial charge is 0.381 e. The fourth-order valence-corrected chi connectivity index (χ4v) is 4.73. The number of fused-ring (bicyclic) bond motifs is 1. The lowest BCUT2D eigenvalue weighted by molar-refractivity contribution is 0.156. The average Bonchev–Trinajstić information content (AvgIpc) is 3.30. The molecular weight excluding hydrogens is 306 g/mol. The van der Waals surface area contributed by atoms with Crippen molar-refractivity contribution >= 4 is 27.4 Å². The smallest absolute Gasteiger partial charge is 0.193 e. The standard InChI is InChI=1S/C18H23N3OS/c1-19-17(21-8-6-18(12-21)7-9-22-13-18)20-10-14-11-23-16-5-3-2-4-15(14)16/h2-5,11H,6-10,12-13H2,1H3,(H,19,20). The Labute approximate surface area is 141 Å². The molecule has 0 aliphatic carbocycles. The first-order chi connectivity index (χ1) is 11.3. The minimum atomic E-state index is 0.368. The Hall–Kier alpha value is -1.59. The third-order valence-corrected chi connectivity index (χ3v) is 6.15. The van der Waals surface area contributed by atoms with Crippen LogP contribution in [-0.2, 0) is 11.3 Å². The van der Waals surface area contributed by atoms with Crippen LogP contribution in [0.4, 0.5) is 0 Å². The van der Waals surface area contributed by atoms with Gasteiger partial charge in [-0.25, -0.2) is 0 Å². The quantitative estimate of drug-likeness (QED) is 0.679. The molecule has 1 unspecified atom stereocenters. The van der Waals surface area contributed by atoms with Crippen molar-refractivity contribution in [1.29, 1.82) is 0 Å². The summed E-state index contributed by atoms with van der Waals surface area (Å²) in [6, 6.07) is 8.59. The van der Waals surface area contributed by atoms with Gasteiger partial charge in [0.1, 0.15) is 0 Å². The van der Waals surface area contributed by atoms with Crippen LogP contribution in [0.1, 0.15) is 18.4 Å². The van der Waals surface area contributed by atoms with Crippen LogP contribution in [0.3, 0.4) is 0 Å². The highest BCUT2D eigenvalue weighted by molar-refractivity contribution is 7.17. The van der Waals surface area contributed by atoms with E-state index in [2.05, 4.69) is 44.9 Å². The van der Waals surface area contributed by atoms with Gasteiger partial charge in [-0.3, -0.25) is 4.99 Å². The molecule has 0 saturated carbocycles. The molecule has 4 nitrogen and oxygen atoms in total. The molecule has 2 saturated heterocycles. The van der Waals surface area contributed by atoms with Crippen molar-refractivity contribution in [3.05, 3.63) is 35.2 Å². The Morgan fingerprint density at radius 3 is 3.13 bits per heavy atom. The molecule has 5 heteroatoms. The van der Waals surface area contributed by atoms with Gasteiger partial charge < -0.3 is 15.0 Å². The van der Waals surface area contributed by atoms with Gasteiger partial charge in [-0.1, -0.05) is 18.2 Å². The first kappa shape index (κ1) is 15.0. The van der Waals surface area contributed by atoms with Crippen LogP contribution < -0.4 is 5.32 Å². The van der Waals surface area contributed by atoms with Crippen LogP contribution in [0.5, 0.6) is 0 Å². The molecule has 3 heterocycles. The number of rotatable bonds is 2. The van der Waals surface area contributed by atoms with Crippen LogP contribution in [0, 0.1) is 5.41 Å². The van der Waals surface area contributed by atoms with E-state index in [0.717, 1.165) is 38.8 Å². The van der Waals surface area contributed by atoms with Crippen molar-refractivity contribution in [2.24, 2.45) is 10.4 Å². The lowest BCUT2D eigenvalue weighted by Gasteiger charge is -2.24. The fraction of sp³-hybridized carbons (Fsp3) is 0.500.